The Hall–Kier alpha value is -10.2. The summed E-state index contributed by atoms with van der Waals surface area (Å²) in [5, 5.41) is 0.162. The molecule has 0 amide bonds. The molecule has 0 saturated heterocycles. The Labute approximate surface area is 585 Å². The van der Waals surface area contributed by atoms with E-state index in [0.717, 1.165) is 72.9 Å². The number of fused-ring (bicyclic) bond motifs is 2. The van der Waals surface area contributed by atoms with E-state index in [-0.39, 0.29) is 21.3 Å². The molecule has 1 aliphatic rings. The summed E-state index contributed by atoms with van der Waals surface area (Å²) in [6, 6.07) is 80.0. The third kappa shape index (κ3) is 17.9. The topological polar surface area (TPSA) is 113 Å². The summed E-state index contributed by atoms with van der Waals surface area (Å²) in [6.07, 6.45) is 1.63. The van der Waals surface area contributed by atoms with Crippen LogP contribution in [0.5, 0.6) is 46.0 Å². The number of rotatable bonds is 24. The highest BCUT2D eigenvalue weighted by Crippen LogP contribution is 2.49. The Morgan fingerprint density at radius 2 is 0.768 bits per heavy atom. The van der Waals surface area contributed by atoms with Gasteiger partial charge in [-0.05, 0) is 155 Å². The first-order chi connectivity index (χ1) is 47.5. The quantitative estimate of drug-likeness (QED) is 0.0539. The van der Waals surface area contributed by atoms with Gasteiger partial charge in [0.05, 0.1) is 5.56 Å². The lowest BCUT2D eigenvalue weighted by Gasteiger charge is -2.40. The minimum atomic E-state index is -2.52. The molecule has 0 radical (unpaired) electrons. The molecule has 0 spiro atoms. The number of hydrogen-bond donors (Lipinski definition) is 0. The molecule has 12 rings (SSSR count). The van der Waals surface area contributed by atoms with Crippen molar-refractivity contribution in [3.05, 3.63) is 314 Å². The predicted molar refractivity (Wildman–Crippen MR) is 402 cm³/mol. The van der Waals surface area contributed by atoms with Gasteiger partial charge in [-0.1, -0.05) is 230 Å². The molecule has 13 heteroatoms. The standard InChI is InChI=1S/C43H44O6Si.C43H46O5Si/c1-30-24-37(47-29-33-20-14-9-15-21-33)39-38(25-30)48-41(42(40(39)44)49-50(5,6)43(2,3)4)34-22-23-35(45-27-31-16-10-7-11-17-31)36(26-34)46-28-32-18-12-8-13-19-32;1-31-24-38(45-29-33-18-12-8-13-19-33)36-27-41(48-49(5,6)43(2,3)4)42(47-39(36)25-31)35-22-23-37(44-28-32-16-10-7-11-17-32)40(26-35)46-30-34-20-14-9-15-21-34/h7-26H,27-29H2,1-6H3;7-27,42H,28-30H2,1-6H3. The van der Waals surface area contributed by atoms with Crippen molar-refractivity contribution < 1.29 is 46.4 Å². The Kier molecular flexibility index (Phi) is 22.0. The molecule has 2 heterocycles. The zero-order valence-electron chi connectivity index (χ0n) is 59.0. The van der Waals surface area contributed by atoms with E-state index >= 15 is 0 Å². The number of aryl methyl sites for hydroxylation is 2. The first-order valence-corrected chi connectivity index (χ1v) is 39.7. The van der Waals surface area contributed by atoms with Crippen molar-refractivity contribution in [2.45, 2.75) is 137 Å². The van der Waals surface area contributed by atoms with Crippen LogP contribution in [-0.2, 0) is 44.1 Å². The summed E-state index contributed by atoms with van der Waals surface area (Å²) in [4.78, 5) is 14.7. The van der Waals surface area contributed by atoms with Gasteiger partial charge in [-0.2, -0.15) is 0 Å². The van der Waals surface area contributed by atoms with Gasteiger partial charge in [0.1, 0.15) is 73.6 Å². The summed E-state index contributed by atoms with van der Waals surface area (Å²) in [5.74, 6) is 5.68. The zero-order chi connectivity index (χ0) is 69.7. The van der Waals surface area contributed by atoms with E-state index in [1.807, 2.05) is 195 Å². The van der Waals surface area contributed by atoms with Crippen LogP contribution in [0.4, 0.5) is 0 Å². The fourth-order valence-corrected chi connectivity index (χ4v) is 12.7. The van der Waals surface area contributed by atoms with Crippen LogP contribution in [0.1, 0.15) is 103 Å². The fraction of sp³-hybridized carbons (Fsp3) is 0.244. The molecule has 0 aliphatic carbocycles. The maximum Gasteiger partial charge on any atom is 0.250 e. The Bertz CT molecular complexity index is 4580. The van der Waals surface area contributed by atoms with E-state index in [1.165, 1.54) is 0 Å². The molecular formula is C86H90O11Si2. The van der Waals surface area contributed by atoms with E-state index in [9.17, 15) is 4.79 Å². The molecule has 1 unspecified atom stereocenters. The molecule has 1 aromatic heterocycles. The average molecular weight is 1360 g/mol. The van der Waals surface area contributed by atoms with Gasteiger partial charge in [0.2, 0.25) is 13.7 Å². The highest BCUT2D eigenvalue weighted by Gasteiger charge is 2.43. The van der Waals surface area contributed by atoms with E-state index in [1.54, 1.807) is 0 Å². The second kappa shape index (κ2) is 31.1. The number of ether oxygens (including phenoxy) is 7. The smallest absolute Gasteiger partial charge is 0.250 e. The van der Waals surface area contributed by atoms with Crippen molar-refractivity contribution in [3.8, 4) is 57.3 Å². The van der Waals surface area contributed by atoms with Gasteiger partial charge in [-0.3, -0.25) is 4.79 Å². The van der Waals surface area contributed by atoms with Gasteiger partial charge < -0.3 is 46.4 Å². The van der Waals surface area contributed by atoms with Crippen LogP contribution in [0.2, 0.25) is 36.3 Å². The summed E-state index contributed by atoms with van der Waals surface area (Å²) in [6.45, 7) is 28.3. The molecule has 1 atom stereocenters. The second-order valence-corrected chi connectivity index (χ2v) is 37.6. The van der Waals surface area contributed by atoms with Crippen molar-refractivity contribution >= 4 is 33.7 Å². The van der Waals surface area contributed by atoms with Crippen LogP contribution in [0.25, 0.3) is 28.4 Å². The fourth-order valence-electron chi connectivity index (χ4n) is 10.7. The van der Waals surface area contributed by atoms with E-state index in [4.69, 9.17) is 46.4 Å². The van der Waals surface area contributed by atoms with Gasteiger partial charge in [0.25, 0.3) is 8.32 Å². The lowest BCUT2D eigenvalue weighted by molar-refractivity contribution is 0.174. The van der Waals surface area contributed by atoms with Crippen molar-refractivity contribution in [1.82, 2.24) is 0 Å². The number of hydrogen-bond acceptors (Lipinski definition) is 11. The van der Waals surface area contributed by atoms with Gasteiger partial charge in [0, 0.05) is 11.1 Å². The van der Waals surface area contributed by atoms with E-state index in [0.29, 0.717) is 90.7 Å². The highest BCUT2D eigenvalue weighted by molar-refractivity contribution is 6.75. The monoisotopic (exact) mass is 1350 g/mol. The highest BCUT2D eigenvalue weighted by atomic mass is 28.4. The summed E-state index contributed by atoms with van der Waals surface area (Å²) >= 11 is 0. The molecule has 10 aromatic carbocycles. The Balaban J connectivity index is 0.000000200. The van der Waals surface area contributed by atoms with Crippen LogP contribution in [0.15, 0.2) is 258 Å². The SMILES string of the molecule is Cc1cc(OCc2ccccc2)c2c(=O)c(O[Si](C)(C)C(C)(C)C)c(-c3ccc(OCc4ccccc4)c(OCc4ccccc4)c3)oc2c1.Cc1cc(OCc2ccccc2)c2c(c1)OC(c1ccc(OCc3ccccc3)c(OCc3ccccc3)c1)C(O[Si](C)(C)C(C)(C)C)=C2. The summed E-state index contributed by atoms with van der Waals surface area (Å²) in [7, 11) is -4.79. The van der Waals surface area contributed by atoms with E-state index < -0.39 is 22.7 Å². The van der Waals surface area contributed by atoms with Crippen molar-refractivity contribution in [3.63, 3.8) is 0 Å². The molecule has 508 valence electrons. The molecule has 11 aromatic rings. The first-order valence-electron chi connectivity index (χ1n) is 33.9. The molecule has 0 bridgehead atoms. The van der Waals surface area contributed by atoms with Crippen LogP contribution >= 0.6 is 0 Å². The molecule has 0 saturated carbocycles. The summed E-state index contributed by atoms with van der Waals surface area (Å²) < 4.78 is 65.7. The minimum Gasteiger partial charge on any atom is -0.544 e. The maximum absolute atomic E-state index is 14.7. The Morgan fingerprint density at radius 3 is 1.21 bits per heavy atom. The van der Waals surface area contributed by atoms with Gasteiger partial charge >= 0.3 is 0 Å². The van der Waals surface area contributed by atoms with Crippen molar-refractivity contribution in [2.75, 3.05) is 0 Å². The van der Waals surface area contributed by atoms with Gasteiger partial charge in [0.15, 0.2) is 40.6 Å². The van der Waals surface area contributed by atoms with Crippen LogP contribution in [0.3, 0.4) is 0 Å². The van der Waals surface area contributed by atoms with Crippen LogP contribution in [-0.4, -0.2) is 16.6 Å². The number of benzene rings is 10. The van der Waals surface area contributed by atoms with E-state index in [2.05, 4.69) is 135 Å². The zero-order valence-corrected chi connectivity index (χ0v) is 61.0. The van der Waals surface area contributed by atoms with Crippen LogP contribution < -0.4 is 43.0 Å². The predicted octanol–water partition coefficient (Wildman–Crippen LogP) is 22.1. The molecule has 11 nitrogen and oxygen atoms in total. The minimum absolute atomic E-state index is 0.0162. The van der Waals surface area contributed by atoms with Crippen LogP contribution in [0, 0.1) is 13.8 Å². The third-order valence-electron chi connectivity index (χ3n) is 18.3. The molecular weight excluding hydrogens is 1270 g/mol. The summed E-state index contributed by atoms with van der Waals surface area (Å²) in [5.41, 5.74) is 10.9. The third-order valence-corrected chi connectivity index (χ3v) is 27.0. The maximum atomic E-state index is 14.7. The second-order valence-electron chi connectivity index (χ2n) is 28.2. The van der Waals surface area contributed by atoms with Crippen molar-refractivity contribution in [1.29, 1.82) is 0 Å². The lowest BCUT2D eigenvalue weighted by Crippen LogP contribution is -2.45. The molecule has 1 aliphatic heterocycles. The normalized spacial score (nSPS) is 13.0. The van der Waals surface area contributed by atoms with Crippen molar-refractivity contribution in [2.24, 2.45) is 0 Å². The molecule has 0 fully saturated rings. The largest absolute Gasteiger partial charge is 0.544 e. The Morgan fingerprint density at radius 1 is 0.394 bits per heavy atom. The average Bonchev–Trinajstić information content (AvgIpc) is 0.756. The van der Waals surface area contributed by atoms with Gasteiger partial charge in [-0.15, -0.1) is 0 Å². The van der Waals surface area contributed by atoms with Gasteiger partial charge in [-0.25, -0.2) is 0 Å². The molecule has 99 heavy (non-hydrogen) atoms. The lowest BCUT2D eigenvalue weighted by atomic mass is 10.00. The molecule has 0 N–H and O–H groups in total. The first kappa shape index (κ1) is 70.1.